The highest BCUT2D eigenvalue weighted by atomic mass is 16.4. The molecule has 0 radical (unpaired) electrons. The van der Waals surface area contributed by atoms with Crippen molar-refractivity contribution in [3.63, 3.8) is 0 Å². The van der Waals surface area contributed by atoms with Gasteiger partial charge >= 0.3 is 11.7 Å². The van der Waals surface area contributed by atoms with Crippen molar-refractivity contribution in [2.24, 2.45) is 0 Å². The Hall–Kier alpha value is -2.05. The first-order chi connectivity index (χ1) is 5.52. The molecular formula is C5H5N3O4. The molecular weight excluding hydrogens is 166 g/mol. The van der Waals surface area contributed by atoms with Crippen LogP contribution in [0.5, 0.6) is 0 Å². The maximum Gasteiger partial charge on any atom is 0.352 e. The summed E-state index contributed by atoms with van der Waals surface area (Å²) in [6, 6.07) is 0.726. The average Bonchev–Trinajstić information content (AvgIpc) is 1.99. The third kappa shape index (κ3) is 1.19. The topological polar surface area (TPSA) is 118 Å². The minimum Gasteiger partial charge on any atom is -0.477 e. The highest BCUT2D eigenvalue weighted by Crippen LogP contribution is 1.82. The molecule has 64 valence electrons. The second-order valence-corrected chi connectivity index (χ2v) is 2.00. The second kappa shape index (κ2) is 2.53. The van der Waals surface area contributed by atoms with Crippen molar-refractivity contribution in [2.45, 2.75) is 0 Å². The van der Waals surface area contributed by atoms with Gasteiger partial charge in [-0.15, -0.1) is 0 Å². The Kier molecular flexibility index (Phi) is 1.70. The highest BCUT2D eigenvalue weighted by Gasteiger charge is 2.06. The third-order valence-corrected chi connectivity index (χ3v) is 1.20. The summed E-state index contributed by atoms with van der Waals surface area (Å²) < 4.78 is 0.284. The summed E-state index contributed by atoms with van der Waals surface area (Å²) in [6.07, 6.45) is 0. The maximum atomic E-state index is 10.7. The Morgan fingerprint density at radius 3 is 2.58 bits per heavy atom. The molecule has 4 N–H and O–H groups in total. The molecule has 0 fully saturated rings. The largest absolute Gasteiger partial charge is 0.477 e. The van der Waals surface area contributed by atoms with Gasteiger partial charge in [-0.25, -0.2) is 9.59 Å². The van der Waals surface area contributed by atoms with Gasteiger partial charge in [0.1, 0.15) is 5.69 Å². The number of nitrogen functional groups attached to an aromatic ring is 1. The summed E-state index contributed by atoms with van der Waals surface area (Å²) in [5, 5.41) is 8.37. The molecule has 0 saturated heterocycles. The van der Waals surface area contributed by atoms with E-state index in [1.807, 2.05) is 4.98 Å². The first kappa shape index (κ1) is 8.05. The molecule has 1 heterocycles. The van der Waals surface area contributed by atoms with Crippen molar-refractivity contribution >= 4 is 5.97 Å². The number of carbonyl (C=O) groups is 1. The summed E-state index contributed by atoms with van der Waals surface area (Å²) in [5.74, 6) is 3.53. The highest BCUT2D eigenvalue weighted by molar-refractivity contribution is 5.84. The van der Waals surface area contributed by atoms with E-state index in [4.69, 9.17) is 10.9 Å². The molecule has 1 aromatic heterocycles. The number of aromatic carboxylic acids is 1. The van der Waals surface area contributed by atoms with Gasteiger partial charge in [-0.1, -0.05) is 0 Å². The van der Waals surface area contributed by atoms with Gasteiger partial charge in [0.05, 0.1) is 0 Å². The summed E-state index contributed by atoms with van der Waals surface area (Å²) >= 11 is 0. The lowest BCUT2D eigenvalue weighted by molar-refractivity contribution is 0.0689. The lowest BCUT2D eigenvalue weighted by Crippen LogP contribution is -2.41. The van der Waals surface area contributed by atoms with Crippen LogP contribution in [0, 0.1) is 0 Å². The molecule has 7 nitrogen and oxygen atoms in total. The second-order valence-electron chi connectivity index (χ2n) is 2.00. The third-order valence-electron chi connectivity index (χ3n) is 1.20. The molecule has 1 aromatic rings. The minimum atomic E-state index is -1.38. The number of nitrogens with zero attached hydrogens (tertiary/aromatic N) is 1. The number of aromatic nitrogens is 2. The molecule has 7 heteroatoms. The average molecular weight is 171 g/mol. The summed E-state index contributed by atoms with van der Waals surface area (Å²) in [6.45, 7) is 0. The Morgan fingerprint density at radius 1 is 1.58 bits per heavy atom. The molecule has 0 spiro atoms. The number of H-pyrrole nitrogens is 1. The quantitative estimate of drug-likeness (QED) is 0.420. The number of hydrogen-bond donors (Lipinski definition) is 3. The lowest BCUT2D eigenvalue weighted by atomic mass is 10.4. The molecule has 0 aliphatic heterocycles. The smallest absolute Gasteiger partial charge is 0.352 e. The monoisotopic (exact) mass is 171 g/mol. The Labute approximate surface area is 65.0 Å². The summed E-state index contributed by atoms with van der Waals surface area (Å²) in [7, 11) is 0. The molecule has 0 atom stereocenters. The first-order valence-electron chi connectivity index (χ1n) is 2.87. The zero-order valence-electron chi connectivity index (χ0n) is 5.77. The van der Waals surface area contributed by atoms with Gasteiger partial charge in [0.2, 0.25) is 0 Å². The zero-order valence-corrected chi connectivity index (χ0v) is 5.77. The first-order valence-corrected chi connectivity index (χ1v) is 2.87. The molecule has 0 unspecified atom stereocenters. The van der Waals surface area contributed by atoms with E-state index in [-0.39, 0.29) is 4.68 Å². The SMILES string of the molecule is Nn1c(=O)cc(C(=O)O)[nH]c1=O. The van der Waals surface area contributed by atoms with E-state index in [1.54, 1.807) is 0 Å². The number of hydrogen-bond acceptors (Lipinski definition) is 4. The van der Waals surface area contributed by atoms with Crippen molar-refractivity contribution < 1.29 is 9.90 Å². The van der Waals surface area contributed by atoms with Gasteiger partial charge in [0, 0.05) is 6.07 Å². The van der Waals surface area contributed by atoms with Crippen molar-refractivity contribution in [2.75, 3.05) is 5.84 Å². The predicted molar refractivity (Wildman–Crippen MR) is 38.4 cm³/mol. The molecule has 1 rings (SSSR count). The summed E-state index contributed by atoms with van der Waals surface area (Å²) in [4.78, 5) is 33.6. The van der Waals surface area contributed by atoms with E-state index in [0.717, 1.165) is 6.07 Å². The zero-order chi connectivity index (χ0) is 9.30. The van der Waals surface area contributed by atoms with E-state index in [1.165, 1.54) is 0 Å². The van der Waals surface area contributed by atoms with E-state index < -0.39 is 22.9 Å². The molecule has 0 bridgehead atoms. The number of nitrogens with two attached hydrogens (primary N) is 1. The normalized spacial score (nSPS) is 9.67. The molecule has 0 aromatic carbocycles. The van der Waals surface area contributed by atoms with Crippen LogP contribution in [-0.4, -0.2) is 20.7 Å². The lowest BCUT2D eigenvalue weighted by Gasteiger charge is -1.95. The van der Waals surface area contributed by atoms with Crippen molar-refractivity contribution in [1.29, 1.82) is 0 Å². The Morgan fingerprint density at radius 2 is 2.17 bits per heavy atom. The molecule has 0 saturated carbocycles. The number of rotatable bonds is 1. The Balaban J connectivity index is 3.52. The van der Waals surface area contributed by atoms with Crippen LogP contribution >= 0.6 is 0 Å². The molecule has 12 heavy (non-hydrogen) atoms. The minimum absolute atomic E-state index is 0.284. The maximum absolute atomic E-state index is 10.7. The van der Waals surface area contributed by atoms with Crippen LogP contribution < -0.4 is 17.1 Å². The molecule has 0 aliphatic carbocycles. The van der Waals surface area contributed by atoms with Crippen LogP contribution in [-0.2, 0) is 0 Å². The standard InChI is InChI=1S/C5H5N3O4/c6-8-3(9)1-2(4(10)11)7-5(8)12/h1H,6H2,(H,7,12)(H,10,11). The van der Waals surface area contributed by atoms with Gasteiger partial charge in [-0.2, -0.15) is 4.68 Å². The van der Waals surface area contributed by atoms with Crippen LogP contribution in [0.1, 0.15) is 10.5 Å². The van der Waals surface area contributed by atoms with Gasteiger partial charge in [0.25, 0.3) is 5.56 Å². The van der Waals surface area contributed by atoms with Gasteiger partial charge in [-0.05, 0) is 0 Å². The Bertz CT molecular complexity index is 398. The fraction of sp³-hybridized carbons (Fsp3) is 0. The van der Waals surface area contributed by atoms with Crippen LogP contribution in [0.2, 0.25) is 0 Å². The van der Waals surface area contributed by atoms with E-state index in [2.05, 4.69) is 0 Å². The predicted octanol–water partition coefficient (Wildman–Crippen LogP) is -2.05. The van der Waals surface area contributed by atoms with E-state index in [0.29, 0.717) is 0 Å². The van der Waals surface area contributed by atoms with E-state index >= 15 is 0 Å². The fourth-order valence-corrected chi connectivity index (χ4v) is 0.620. The number of carboxylic acid groups (broad SMARTS) is 1. The van der Waals surface area contributed by atoms with Crippen LogP contribution in [0.3, 0.4) is 0 Å². The van der Waals surface area contributed by atoms with Gasteiger partial charge < -0.3 is 10.9 Å². The molecule has 0 aliphatic rings. The fourth-order valence-electron chi connectivity index (χ4n) is 0.620. The van der Waals surface area contributed by atoms with Crippen molar-refractivity contribution in [3.05, 3.63) is 32.6 Å². The van der Waals surface area contributed by atoms with E-state index in [9.17, 15) is 14.4 Å². The number of carboxylic acids is 1. The summed E-state index contributed by atoms with van der Waals surface area (Å²) in [5.41, 5.74) is -2.30. The van der Waals surface area contributed by atoms with Crippen molar-refractivity contribution in [1.82, 2.24) is 9.66 Å². The molecule has 0 amide bonds. The number of nitrogens with one attached hydrogen (secondary N) is 1. The number of aromatic amines is 1. The van der Waals surface area contributed by atoms with Gasteiger partial charge in [0.15, 0.2) is 0 Å². The van der Waals surface area contributed by atoms with Crippen LogP contribution in [0.15, 0.2) is 15.7 Å². The van der Waals surface area contributed by atoms with Crippen LogP contribution in [0.4, 0.5) is 0 Å². The van der Waals surface area contributed by atoms with Crippen LogP contribution in [0.25, 0.3) is 0 Å². The van der Waals surface area contributed by atoms with Crippen molar-refractivity contribution in [3.8, 4) is 0 Å². The van der Waals surface area contributed by atoms with Gasteiger partial charge in [-0.3, -0.25) is 9.78 Å².